The minimum absolute atomic E-state index is 0.0953. The lowest BCUT2D eigenvalue weighted by Crippen LogP contribution is -2.22. The second-order valence-corrected chi connectivity index (χ2v) is 7.46. The first-order valence-corrected chi connectivity index (χ1v) is 10.3. The molecule has 0 aliphatic heterocycles. The SMILES string of the molecule is O=C(COC(=O)c1ccccc1NC(=O)c1ccccc1)Nc1ccc(SC(F)F)cc1. The number of carbonyl (C=O) groups excluding carboxylic acids is 3. The van der Waals surface area contributed by atoms with Gasteiger partial charge in [0.25, 0.3) is 17.6 Å². The van der Waals surface area contributed by atoms with Gasteiger partial charge in [-0.1, -0.05) is 42.1 Å². The quantitative estimate of drug-likeness (QED) is 0.366. The summed E-state index contributed by atoms with van der Waals surface area (Å²) in [4.78, 5) is 37.3. The summed E-state index contributed by atoms with van der Waals surface area (Å²) in [5, 5.41) is 5.17. The number of para-hydroxylation sites is 1. The Morgan fingerprint density at radius 1 is 0.844 bits per heavy atom. The molecule has 3 aromatic carbocycles. The van der Waals surface area contributed by atoms with Gasteiger partial charge in [-0.2, -0.15) is 8.78 Å². The highest BCUT2D eigenvalue weighted by molar-refractivity contribution is 7.99. The van der Waals surface area contributed by atoms with E-state index in [1.807, 2.05) is 0 Å². The summed E-state index contributed by atoms with van der Waals surface area (Å²) >= 11 is 0.396. The second kappa shape index (κ2) is 11.1. The molecule has 0 bridgehead atoms. The van der Waals surface area contributed by atoms with Gasteiger partial charge in [-0.3, -0.25) is 9.59 Å². The van der Waals surface area contributed by atoms with Crippen molar-refractivity contribution in [2.24, 2.45) is 0 Å². The average molecular weight is 456 g/mol. The summed E-state index contributed by atoms with van der Waals surface area (Å²) in [6, 6.07) is 20.6. The maximum atomic E-state index is 12.5. The van der Waals surface area contributed by atoms with Crippen molar-refractivity contribution >= 4 is 40.9 Å². The lowest BCUT2D eigenvalue weighted by molar-refractivity contribution is -0.119. The van der Waals surface area contributed by atoms with Crippen molar-refractivity contribution in [3.63, 3.8) is 0 Å². The molecule has 0 aliphatic rings. The number of benzene rings is 3. The first-order valence-electron chi connectivity index (χ1n) is 9.39. The topological polar surface area (TPSA) is 84.5 Å². The van der Waals surface area contributed by atoms with Gasteiger partial charge in [-0.05, 0) is 48.5 Å². The fraction of sp³-hybridized carbons (Fsp3) is 0.0870. The van der Waals surface area contributed by atoms with Gasteiger partial charge in [0, 0.05) is 16.1 Å². The van der Waals surface area contributed by atoms with Gasteiger partial charge < -0.3 is 15.4 Å². The predicted octanol–water partition coefficient (Wildman–Crippen LogP) is 5.05. The first kappa shape index (κ1) is 23.0. The number of nitrogens with one attached hydrogen (secondary N) is 2. The van der Waals surface area contributed by atoms with Gasteiger partial charge in [0.2, 0.25) is 0 Å². The number of carbonyl (C=O) groups is 3. The van der Waals surface area contributed by atoms with Crippen LogP contribution in [0, 0.1) is 0 Å². The number of anilines is 2. The molecule has 0 unspecified atom stereocenters. The molecule has 2 amide bonds. The molecule has 3 rings (SSSR count). The Hall–Kier alpha value is -3.72. The number of halogens is 2. The van der Waals surface area contributed by atoms with E-state index in [4.69, 9.17) is 4.74 Å². The second-order valence-electron chi connectivity index (χ2n) is 6.39. The Morgan fingerprint density at radius 2 is 1.50 bits per heavy atom. The number of ether oxygens (including phenoxy) is 1. The molecule has 2 N–H and O–H groups in total. The van der Waals surface area contributed by atoms with Gasteiger partial charge >= 0.3 is 5.97 Å². The Morgan fingerprint density at radius 3 is 2.19 bits per heavy atom. The number of rotatable bonds is 8. The number of thioether (sulfide) groups is 1. The van der Waals surface area contributed by atoms with Gasteiger partial charge in [0.05, 0.1) is 11.3 Å². The van der Waals surface area contributed by atoms with Crippen LogP contribution in [-0.2, 0) is 9.53 Å². The van der Waals surface area contributed by atoms with Crippen LogP contribution in [0.2, 0.25) is 0 Å². The van der Waals surface area contributed by atoms with Crippen LogP contribution in [0.4, 0.5) is 20.2 Å². The molecule has 0 radical (unpaired) electrons. The summed E-state index contributed by atoms with van der Waals surface area (Å²) in [5.74, 6) is -4.31. The highest BCUT2D eigenvalue weighted by Gasteiger charge is 2.16. The summed E-state index contributed by atoms with van der Waals surface area (Å²) in [5.41, 5.74) is 1.14. The number of amides is 2. The smallest absolute Gasteiger partial charge is 0.340 e. The molecule has 0 fully saturated rings. The van der Waals surface area contributed by atoms with E-state index < -0.39 is 30.1 Å². The zero-order valence-electron chi connectivity index (χ0n) is 16.6. The maximum Gasteiger partial charge on any atom is 0.340 e. The summed E-state index contributed by atoms with van der Waals surface area (Å²) in [7, 11) is 0. The number of esters is 1. The zero-order chi connectivity index (χ0) is 22.9. The molecule has 3 aromatic rings. The highest BCUT2D eigenvalue weighted by atomic mass is 32.2. The Labute approximate surface area is 187 Å². The monoisotopic (exact) mass is 456 g/mol. The normalized spacial score (nSPS) is 10.5. The standard InChI is InChI=1S/C23H18F2N2O4S/c24-23(25)32-17-12-10-16(11-13-17)26-20(28)14-31-22(30)18-8-4-5-9-19(18)27-21(29)15-6-2-1-3-7-15/h1-13,23H,14H2,(H,26,28)(H,27,29). The number of hydrogen-bond donors (Lipinski definition) is 2. The summed E-state index contributed by atoms with van der Waals surface area (Å²) in [6.07, 6.45) is 0. The lowest BCUT2D eigenvalue weighted by atomic mass is 10.1. The van der Waals surface area contributed by atoms with Gasteiger partial charge in [-0.15, -0.1) is 0 Å². The van der Waals surface area contributed by atoms with E-state index in [2.05, 4.69) is 10.6 Å². The number of hydrogen-bond acceptors (Lipinski definition) is 5. The van der Waals surface area contributed by atoms with E-state index in [9.17, 15) is 23.2 Å². The van der Waals surface area contributed by atoms with E-state index in [1.54, 1.807) is 48.5 Å². The predicted molar refractivity (Wildman–Crippen MR) is 118 cm³/mol. The van der Waals surface area contributed by atoms with Crippen LogP contribution >= 0.6 is 11.8 Å². The first-order chi connectivity index (χ1) is 15.4. The van der Waals surface area contributed by atoms with Gasteiger partial charge in [0.1, 0.15) is 0 Å². The molecule has 0 saturated heterocycles. The Kier molecular flexibility index (Phi) is 7.93. The Balaban J connectivity index is 1.57. The molecular formula is C23H18F2N2O4S. The lowest BCUT2D eigenvalue weighted by Gasteiger charge is -2.11. The minimum atomic E-state index is -2.53. The van der Waals surface area contributed by atoms with E-state index in [-0.39, 0.29) is 11.3 Å². The van der Waals surface area contributed by atoms with Crippen LogP contribution in [-0.4, -0.2) is 30.1 Å². The molecule has 0 heterocycles. The van der Waals surface area contributed by atoms with Crippen molar-refractivity contribution in [2.45, 2.75) is 10.7 Å². The van der Waals surface area contributed by atoms with Crippen molar-refractivity contribution in [3.8, 4) is 0 Å². The number of alkyl halides is 2. The molecule has 0 aromatic heterocycles. The van der Waals surface area contributed by atoms with E-state index in [0.29, 0.717) is 27.9 Å². The fourth-order valence-electron chi connectivity index (χ4n) is 2.68. The van der Waals surface area contributed by atoms with Crippen LogP contribution in [0.1, 0.15) is 20.7 Å². The van der Waals surface area contributed by atoms with Crippen molar-refractivity contribution in [1.29, 1.82) is 0 Å². The summed E-state index contributed by atoms with van der Waals surface area (Å²) in [6.45, 7) is -0.562. The molecule has 0 saturated carbocycles. The summed E-state index contributed by atoms with van der Waals surface area (Å²) < 4.78 is 29.8. The van der Waals surface area contributed by atoms with Crippen LogP contribution in [0.5, 0.6) is 0 Å². The molecule has 6 nitrogen and oxygen atoms in total. The molecule has 0 aliphatic carbocycles. The van der Waals surface area contributed by atoms with Crippen LogP contribution in [0.3, 0.4) is 0 Å². The largest absolute Gasteiger partial charge is 0.452 e. The van der Waals surface area contributed by atoms with Crippen molar-refractivity contribution in [3.05, 3.63) is 90.0 Å². The molecule has 0 atom stereocenters. The minimum Gasteiger partial charge on any atom is -0.452 e. The zero-order valence-corrected chi connectivity index (χ0v) is 17.4. The third-order valence-corrected chi connectivity index (χ3v) is 4.85. The molecule has 0 spiro atoms. The van der Waals surface area contributed by atoms with Crippen LogP contribution in [0.25, 0.3) is 0 Å². The third kappa shape index (κ3) is 6.64. The average Bonchev–Trinajstić information content (AvgIpc) is 2.79. The fourth-order valence-corrected chi connectivity index (χ4v) is 3.18. The van der Waals surface area contributed by atoms with Crippen molar-refractivity contribution < 1.29 is 27.9 Å². The van der Waals surface area contributed by atoms with Gasteiger partial charge in [-0.25, -0.2) is 4.79 Å². The van der Waals surface area contributed by atoms with Crippen molar-refractivity contribution in [2.75, 3.05) is 17.2 Å². The maximum absolute atomic E-state index is 12.5. The van der Waals surface area contributed by atoms with Crippen molar-refractivity contribution in [1.82, 2.24) is 0 Å². The van der Waals surface area contributed by atoms with E-state index >= 15 is 0 Å². The third-order valence-electron chi connectivity index (χ3n) is 4.13. The molecule has 9 heteroatoms. The molecule has 32 heavy (non-hydrogen) atoms. The Bertz CT molecular complexity index is 1090. The van der Waals surface area contributed by atoms with Crippen LogP contribution in [0.15, 0.2) is 83.8 Å². The highest BCUT2D eigenvalue weighted by Crippen LogP contribution is 2.26. The molecule has 164 valence electrons. The van der Waals surface area contributed by atoms with Gasteiger partial charge in [0.15, 0.2) is 6.61 Å². The molecular weight excluding hydrogens is 438 g/mol. The van der Waals surface area contributed by atoms with Crippen LogP contribution < -0.4 is 10.6 Å². The van der Waals surface area contributed by atoms with E-state index in [1.165, 1.54) is 30.3 Å². The van der Waals surface area contributed by atoms with E-state index in [0.717, 1.165) is 0 Å².